The number of aryl methyl sites for hydroxylation is 4. The van der Waals surface area contributed by atoms with Crippen molar-refractivity contribution in [1.29, 1.82) is 0 Å². The van der Waals surface area contributed by atoms with Crippen molar-refractivity contribution in [2.75, 3.05) is 20.3 Å². The molecule has 0 spiro atoms. The highest BCUT2D eigenvalue weighted by Gasteiger charge is 2.50. The van der Waals surface area contributed by atoms with E-state index in [-0.39, 0.29) is 66.7 Å². The number of nitrogens with one attached hydrogen (secondary N) is 5. The summed E-state index contributed by atoms with van der Waals surface area (Å²) in [5, 5.41) is 54.0. The fourth-order valence-electron chi connectivity index (χ4n) is 13.5. The molecule has 4 fully saturated rings. The van der Waals surface area contributed by atoms with E-state index in [0.29, 0.717) is 95.1 Å². The largest absolute Gasteiger partial charge is 0.396 e. The van der Waals surface area contributed by atoms with Crippen LogP contribution < -0.4 is 26.6 Å². The number of carbonyl (C=O) groups excluding carboxylic acids is 6. The molecule has 7 N–H and O–H groups in total. The Bertz CT molecular complexity index is 2820. The van der Waals surface area contributed by atoms with Crippen molar-refractivity contribution < 1.29 is 39.0 Å². The van der Waals surface area contributed by atoms with Gasteiger partial charge in [-0.3, -0.25) is 38.1 Å². The second-order valence-electron chi connectivity index (χ2n) is 24.0. The van der Waals surface area contributed by atoms with Crippen LogP contribution >= 0.6 is 0 Å². The van der Waals surface area contributed by atoms with Gasteiger partial charge in [0, 0.05) is 56.1 Å². The van der Waals surface area contributed by atoms with Gasteiger partial charge >= 0.3 is 0 Å². The van der Waals surface area contributed by atoms with Gasteiger partial charge in [-0.2, -0.15) is 0 Å². The summed E-state index contributed by atoms with van der Waals surface area (Å²) in [6, 6.07) is 22.7. The molecule has 21 heteroatoms. The van der Waals surface area contributed by atoms with E-state index < -0.39 is 54.1 Å². The van der Waals surface area contributed by atoms with Gasteiger partial charge in [-0.15, -0.1) is 10.2 Å². The lowest BCUT2D eigenvalue weighted by Gasteiger charge is -2.33. The normalized spacial score (nSPS) is 23.2. The number of benzene rings is 3. The molecule has 11 atom stereocenters. The average Bonchev–Trinajstić information content (AvgIpc) is 2.06. The van der Waals surface area contributed by atoms with Crippen molar-refractivity contribution >= 4 is 35.4 Å². The average molecular weight is 1180 g/mol. The fourth-order valence-corrected chi connectivity index (χ4v) is 13.5. The number of nitrogens with zero attached hydrogens (tertiary/aromatic N) is 8. The maximum Gasteiger partial charge on any atom is 0.246 e. The van der Waals surface area contributed by atoms with Crippen LogP contribution in [0.1, 0.15) is 163 Å². The molecule has 3 aromatic carbocycles. The van der Waals surface area contributed by atoms with Crippen LogP contribution in [0.4, 0.5) is 0 Å². The van der Waals surface area contributed by atoms with Crippen molar-refractivity contribution in [3.05, 3.63) is 131 Å². The minimum atomic E-state index is -0.939. The molecule has 0 unspecified atom stereocenters. The number of rotatable bonds is 28. The zero-order valence-electron chi connectivity index (χ0n) is 50.4. The van der Waals surface area contributed by atoms with Gasteiger partial charge in [0.25, 0.3) is 0 Å². The Labute approximate surface area is 505 Å². The number of unbranched alkanes of at least 4 members (excludes halogenated alkanes) is 2. The molecule has 4 saturated heterocycles. The van der Waals surface area contributed by atoms with E-state index in [1.165, 1.54) is 11.1 Å². The Hall–Kier alpha value is -7.36. The number of aromatic nitrogens is 6. The first-order valence-corrected chi connectivity index (χ1v) is 31.6. The first-order chi connectivity index (χ1) is 41.9. The molecule has 6 amide bonds. The molecule has 0 radical (unpaired) electrons. The van der Waals surface area contributed by atoms with E-state index in [1.807, 2.05) is 103 Å². The maximum atomic E-state index is 14.4. The lowest BCUT2D eigenvalue weighted by molar-refractivity contribution is -0.144. The number of aliphatic hydroxyl groups excluding tert-OH is 2. The molecule has 21 nitrogen and oxygen atoms in total. The van der Waals surface area contributed by atoms with Crippen LogP contribution in [0.5, 0.6) is 0 Å². The van der Waals surface area contributed by atoms with Crippen molar-refractivity contribution in [2.24, 2.45) is 17.8 Å². The Morgan fingerprint density at radius 2 is 0.965 bits per heavy atom. The molecule has 0 aliphatic carbocycles. The number of likely N-dealkylation sites (N-methyl/N-ethyl adjacent to an activating group) is 1. The summed E-state index contributed by atoms with van der Waals surface area (Å²) < 4.78 is 3.64. The van der Waals surface area contributed by atoms with Crippen molar-refractivity contribution in [3.63, 3.8) is 0 Å². The summed E-state index contributed by atoms with van der Waals surface area (Å²) in [5.74, 6) is -2.85. The molecule has 9 rings (SSSR count). The predicted molar refractivity (Wildman–Crippen MR) is 323 cm³/mol. The van der Waals surface area contributed by atoms with Gasteiger partial charge in [0.2, 0.25) is 35.4 Å². The summed E-state index contributed by atoms with van der Waals surface area (Å²) in [6.45, 7) is 6.60. The SMILES string of the molecule is CCC(CC)C(=O)N[C@@H]1C(=O)N2[C@@H](CC[C@@H]1CO)CC[C@H]2C(=O)N[C@@H](c1ccccc1)c1cn(CCCCc2ccc(CCCCn3cc([C@@H](NC(=O)[C@@H]4CC[C@@H]5CC[C@H](CO)[C@H](NC(=O)[C@H](CC)NC)C(=O)N54)c4ccccc4)nn3)cc2)nn1. The van der Waals surface area contributed by atoms with Crippen LogP contribution in [0.2, 0.25) is 0 Å². The minimum absolute atomic E-state index is 0.156. The van der Waals surface area contributed by atoms with E-state index in [0.717, 1.165) is 49.7 Å². The summed E-state index contributed by atoms with van der Waals surface area (Å²) >= 11 is 0. The minimum Gasteiger partial charge on any atom is -0.396 e. The highest BCUT2D eigenvalue weighted by molar-refractivity contribution is 5.95. The van der Waals surface area contributed by atoms with Crippen LogP contribution in [0.3, 0.4) is 0 Å². The van der Waals surface area contributed by atoms with E-state index in [4.69, 9.17) is 0 Å². The number of hydrogen-bond acceptors (Lipinski definition) is 13. The Balaban J connectivity index is 0.740. The van der Waals surface area contributed by atoms with Crippen LogP contribution in [0.25, 0.3) is 0 Å². The molecule has 2 aromatic heterocycles. The first-order valence-electron chi connectivity index (χ1n) is 31.6. The van der Waals surface area contributed by atoms with E-state index >= 15 is 0 Å². The van der Waals surface area contributed by atoms with E-state index in [9.17, 15) is 39.0 Å². The van der Waals surface area contributed by atoms with Gasteiger partial charge in [-0.25, -0.2) is 0 Å². The van der Waals surface area contributed by atoms with Crippen LogP contribution in [0.15, 0.2) is 97.3 Å². The molecule has 0 bridgehead atoms. The van der Waals surface area contributed by atoms with Gasteiger partial charge in [0.05, 0.1) is 30.5 Å². The van der Waals surface area contributed by atoms with Crippen molar-refractivity contribution in [3.8, 4) is 0 Å². The van der Waals surface area contributed by atoms with Crippen LogP contribution in [-0.2, 0) is 54.7 Å². The third kappa shape index (κ3) is 15.1. The van der Waals surface area contributed by atoms with Gasteiger partial charge < -0.3 is 46.6 Å². The van der Waals surface area contributed by atoms with Gasteiger partial charge in [0.1, 0.15) is 35.6 Å². The number of hydrogen-bond donors (Lipinski definition) is 7. The van der Waals surface area contributed by atoms with Gasteiger partial charge in [-0.1, -0.05) is 116 Å². The second-order valence-corrected chi connectivity index (χ2v) is 24.0. The highest BCUT2D eigenvalue weighted by atomic mass is 16.3. The predicted octanol–water partition coefficient (Wildman–Crippen LogP) is 5.25. The Morgan fingerprint density at radius 1 is 0.547 bits per heavy atom. The van der Waals surface area contributed by atoms with Gasteiger partial charge in [0.15, 0.2) is 0 Å². The molecular formula is C65H89N13O8. The summed E-state index contributed by atoms with van der Waals surface area (Å²) in [4.78, 5) is 87.1. The zero-order chi connectivity index (χ0) is 60.7. The second kappa shape index (κ2) is 30.3. The Morgan fingerprint density at radius 3 is 1.36 bits per heavy atom. The summed E-state index contributed by atoms with van der Waals surface area (Å²) in [6.07, 6.45) is 15.7. The topological polar surface area (TPSA) is 271 Å². The monoisotopic (exact) mass is 1180 g/mol. The van der Waals surface area contributed by atoms with Crippen LogP contribution in [-0.4, -0.2) is 148 Å². The number of aliphatic hydroxyl groups is 2. The third-order valence-corrected chi connectivity index (χ3v) is 18.6. The first kappa shape index (κ1) is 63.2. The Kier molecular flexibility index (Phi) is 22.3. The standard InChI is InChI=1S/C65H89N13O8/c1-5-44(6-2)60(81)69-58-47(40-79)28-30-49-32-34-54(77(49)64(58)85)62(83)67-56(45-20-10-8-11-21-45)52-38-75(73-71-52)36-16-14-18-42-24-26-43(27-25-42)19-15-17-37-76-39-53(72-74-76)57(46-22-12-9-13-23-46)68-63(84)55-35-33-50-31-29-48(41-80)59(65(86)78(50)55)70-61(82)51(7-3)66-4/h8-13,20-27,38-39,44,47-51,54-59,66,79-80H,5-7,14-19,28-37,40-41H2,1-4H3,(H,67,83)(H,68,84)(H,69,81)(H,70,82)/t47-,48-,49+,50+,51+,54+,55+,56+,57+,58+,59+/m1/s1. The zero-order valence-corrected chi connectivity index (χ0v) is 50.4. The number of fused-ring (bicyclic) bond motifs is 2. The molecule has 4 aliphatic rings. The van der Waals surface area contributed by atoms with Gasteiger partial charge in [-0.05, 0) is 138 Å². The molecule has 4 aliphatic heterocycles. The van der Waals surface area contributed by atoms with Crippen molar-refractivity contribution in [1.82, 2.24) is 66.4 Å². The number of carbonyl (C=O) groups is 6. The smallest absolute Gasteiger partial charge is 0.246 e. The lowest BCUT2D eigenvalue weighted by Crippen LogP contribution is -2.58. The molecule has 6 heterocycles. The molecule has 5 aromatic rings. The molecule has 462 valence electrons. The molecule has 0 saturated carbocycles. The van der Waals surface area contributed by atoms with Crippen LogP contribution in [0, 0.1) is 17.8 Å². The molecule has 86 heavy (non-hydrogen) atoms. The third-order valence-electron chi connectivity index (χ3n) is 18.6. The lowest BCUT2D eigenvalue weighted by atomic mass is 9.93. The van der Waals surface area contributed by atoms with E-state index in [2.05, 4.69) is 71.5 Å². The summed E-state index contributed by atoms with van der Waals surface area (Å²) in [5.41, 5.74) is 5.36. The van der Waals surface area contributed by atoms with E-state index in [1.54, 1.807) is 16.8 Å². The highest BCUT2D eigenvalue weighted by Crippen LogP contribution is 2.37. The molecular weight excluding hydrogens is 1090 g/mol. The van der Waals surface area contributed by atoms with Crippen molar-refractivity contribution in [2.45, 2.75) is 197 Å². The summed E-state index contributed by atoms with van der Waals surface area (Å²) in [7, 11) is 1.70. The number of amides is 6. The maximum absolute atomic E-state index is 14.4. The fraction of sp³-hybridized carbons (Fsp3) is 0.569. The quantitative estimate of drug-likeness (QED) is 0.0316.